The lowest BCUT2D eigenvalue weighted by Crippen LogP contribution is -2.37. The molecule has 0 spiro atoms. The van der Waals surface area contributed by atoms with E-state index < -0.39 is 0 Å². The third kappa shape index (κ3) is 2.83. The van der Waals surface area contributed by atoms with Crippen molar-refractivity contribution in [2.45, 2.75) is 0 Å². The van der Waals surface area contributed by atoms with E-state index in [2.05, 4.69) is 25.4 Å². The van der Waals surface area contributed by atoms with Crippen molar-refractivity contribution < 1.29 is 9.13 Å². The first kappa shape index (κ1) is 12.7. The minimum absolute atomic E-state index is 0.277. The van der Waals surface area contributed by atoms with E-state index in [1.807, 2.05) is 0 Å². The molecule has 0 bridgehead atoms. The average Bonchev–Trinajstić information content (AvgIpc) is 2.51. The van der Waals surface area contributed by atoms with Crippen LogP contribution in [0.25, 0.3) is 0 Å². The SMILES string of the molecule is Fc1ccccc1Nc1nncc(N2CCOCC2)n1. The largest absolute Gasteiger partial charge is 0.378 e. The molecule has 0 unspecified atom stereocenters. The highest BCUT2D eigenvalue weighted by molar-refractivity contribution is 5.54. The number of hydrogen-bond acceptors (Lipinski definition) is 6. The third-order valence-corrected chi connectivity index (χ3v) is 3.00. The normalized spacial score (nSPS) is 15.2. The number of nitrogens with zero attached hydrogens (tertiary/aromatic N) is 4. The molecule has 1 aromatic heterocycles. The minimum atomic E-state index is -0.354. The topological polar surface area (TPSA) is 63.2 Å². The maximum Gasteiger partial charge on any atom is 0.249 e. The van der Waals surface area contributed by atoms with Gasteiger partial charge in [-0.05, 0) is 12.1 Å². The van der Waals surface area contributed by atoms with Crippen molar-refractivity contribution in [3.63, 3.8) is 0 Å². The van der Waals surface area contributed by atoms with Crippen molar-refractivity contribution in [2.24, 2.45) is 0 Å². The Labute approximate surface area is 115 Å². The van der Waals surface area contributed by atoms with Crippen LogP contribution in [0, 0.1) is 5.82 Å². The number of halogens is 1. The van der Waals surface area contributed by atoms with Gasteiger partial charge in [-0.1, -0.05) is 12.1 Å². The number of morpholine rings is 1. The van der Waals surface area contributed by atoms with Gasteiger partial charge in [0.25, 0.3) is 0 Å². The highest BCUT2D eigenvalue weighted by Gasteiger charge is 2.14. The van der Waals surface area contributed by atoms with Crippen molar-refractivity contribution in [1.29, 1.82) is 0 Å². The first-order valence-electron chi connectivity index (χ1n) is 6.37. The van der Waals surface area contributed by atoms with Crippen LogP contribution in [0.1, 0.15) is 0 Å². The van der Waals surface area contributed by atoms with Gasteiger partial charge in [-0.15, -0.1) is 5.10 Å². The second-order valence-corrected chi connectivity index (χ2v) is 4.34. The number of aromatic nitrogens is 3. The average molecular weight is 275 g/mol. The Bertz CT molecular complexity index is 588. The van der Waals surface area contributed by atoms with Crippen LogP contribution in [0.15, 0.2) is 30.5 Å². The monoisotopic (exact) mass is 275 g/mol. The molecule has 0 aliphatic carbocycles. The maximum absolute atomic E-state index is 13.6. The summed E-state index contributed by atoms with van der Waals surface area (Å²) < 4.78 is 18.9. The summed E-state index contributed by atoms with van der Waals surface area (Å²) >= 11 is 0. The summed E-state index contributed by atoms with van der Waals surface area (Å²) in [5.74, 6) is 0.633. The standard InChI is InChI=1S/C13H14FN5O/c14-10-3-1-2-4-11(10)16-13-17-12(9-15-18-13)19-5-7-20-8-6-19/h1-4,9H,5-8H2,(H,16,17,18). The van der Waals surface area contributed by atoms with Crippen molar-refractivity contribution in [3.05, 3.63) is 36.3 Å². The van der Waals surface area contributed by atoms with Crippen LogP contribution in [0.3, 0.4) is 0 Å². The molecule has 1 aliphatic heterocycles. The molecule has 2 heterocycles. The lowest BCUT2D eigenvalue weighted by molar-refractivity contribution is 0.122. The summed E-state index contributed by atoms with van der Waals surface area (Å²) in [6.45, 7) is 2.86. The number of ether oxygens (including phenoxy) is 1. The van der Waals surface area contributed by atoms with E-state index in [4.69, 9.17) is 4.74 Å². The summed E-state index contributed by atoms with van der Waals surface area (Å²) in [4.78, 5) is 6.41. The molecule has 1 N–H and O–H groups in total. The number of anilines is 3. The zero-order valence-corrected chi connectivity index (χ0v) is 10.8. The summed E-state index contributed by atoms with van der Waals surface area (Å²) in [5, 5.41) is 10.6. The number of hydrogen-bond donors (Lipinski definition) is 1. The van der Waals surface area contributed by atoms with Crippen LogP contribution in [0.5, 0.6) is 0 Å². The van der Waals surface area contributed by atoms with Gasteiger partial charge in [-0.2, -0.15) is 10.1 Å². The highest BCUT2D eigenvalue weighted by Crippen LogP contribution is 2.18. The summed E-state index contributed by atoms with van der Waals surface area (Å²) in [5.41, 5.74) is 0.327. The van der Waals surface area contributed by atoms with Gasteiger partial charge in [0, 0.05) is 13.1 Å². The lowest BCUT2D eigenvalue weighted by atomic mass is 10.3. The van der Waals surface area contributed by atoms with E-state index in [1.54, 1.807) is 24.4 Å². The molecule has 7 heteroatoms. The van der Waals surface area contributed by atoms with Crippen molar-refractivity contribution in [1.82, 2.24) is 15.2 Å². The number of nitrogens with one attached hydrogen (secondary N) is 1. The number of para-hydroxylation sites is 1. The van der Waals surface area contributed by atoms with Crippen LogP contribution in [-0.4, -0.2) is 41.5 Å². The van der Waals surface area contributed by atoms with Crippen molar-refractivity contribution >= 4 is 17.5 Å². The fourth-order valence-corrected chi connectivity index (χ4v) is 1.98. The molecule has 0 radical (unpaired) electrons. The van der Waals surface area contributed by atoms with E-state index >= 15 is 0 Å². The predicted octanol–water partition coefficient (Wildman–Crippen LogP) is 1.59. The summed E-state index contributed by atoms with van der Waals surface area (Å²) in [6.07, 6.45) is 1.60. The fraction of sp³-hybridized carbons (Fsp3) is 0.308. The molecule has 1 fully saturated rings. The quantitative estimate of drug-likeness (QED) is 0.917. The van der Waals surface area contributed by atoms with Crippen LogP contribution in [-0.2, 0) is 4.74 Å². The van der Waals surface area contributed by atoms with Crippen LogP contribution in [0.4, 0.5) is 21.8 Å². The third-order valence-electron chi connectivity index (χ3n) is 3.00. The molecule has 3 rings (SSSR count). The van der Waals surface area contributed by atoms with Gasteiger partial charge in [-0.25, -0.2) is 4.39 Å². The Balaban J connectivity index is 1.79. The Hall–Kier alpha value is -2.28. The Morgan fingerprint density at radius 3 is 2.80 bits per heavy atom. The summed E-state index contributed by atoms with van der Waals surface area (Å²) in [7, 11) is 0. The second-order valence-electron chi connectivity index (χ2n) is 4.34. The molecule has 1 aromatic carbocycles. The Kier molecular flexibility index (Phi) is 3.69. The van der Waals surface area contributed by atoms with E-state index in [1.165, 1.54) is 6.07 Å². The predicted molar refractivity (Wildman–Crippen MR) is 72.5 cm³/mol. The lowest BCUT2D eigenvalue weighted by Gasteiger charge is -2.27. The number of rotatable bonds is 3. The van der Waals surface area contributed by atoms with Crippen molar-refractivity contribution in [2.75, 3.05) is 36.5 Å². The molecule has 104 valence electrons. The number of benzene rings is 1. The van der Waals surface area contributed by atoms with Crippen LogP contribution in [0.2, 0.25) is 0 Å². The second kappa shape index (κ2) is 5.79. The van der Waals surface area contributed by atoms with E-state index in [9.17, 15) is 4.39 Å². The zero-order chi connectivity index (χ0) is 13.8. The molecule has 6 nitrogen and oxygen atoms in total. The fourth-order valence-electron chi connectivity index (χ4n) is 1.98. The zero-order valence-electron chi connectivity index (χ0n) is 10.8. The van der Waals surface area contributed by atoms with Gasteiger partial charge in [0.05, 0.1) is 25.1 Å². The molecule has 2 aromatic rings. The van der Waals surface area contributed by atoms with Gasteiger partial charge < -0.3 is 15.0 Å². The Morgan fingerprint density at radius 1 is 1.20 bits per heavy atom. The molecule has 1 saturated heterocycles. The van der Waals surface area contributed by atoms with Crippen molar-refractivity contribution in [3.8, 4) is 0 Å². The van der Waals surface area contributed by atoms with Gasteiger partial charge in [0.1, 0.15) is 5.82 Å². The molecular weight excluding hydrogens is 261 g/mol. The van der Waals surface area contributed by atoms with Gasteiger partial charge in [0.2, 0.25) is 5.95 Å². The molecule has 0 saturated carbocycles. The maximum atomic E-state index is 13.6. The smallest absolute Gasteiger partial charge is 0.249 e. The van der Waals surface area contributed by atoms with E-state index in [0.29, 0.717) is 24.7 Å². The molecular formula is C13H14FN5O. The molecule has 1 aliphatic rings. The van der Waals surface area contributed by atoms with Gasteiger partial charge in [0.15, 0.2) is 5.82 Å². The van der Waals surface area contributed by atoms with E-state index in [0.717, 1.165) is 13.1 Å². The van der Waals surface area contributed by atoms with Gasteiger partial charge in [-0.3, -0.25) is 0 Å². The summed E-state index contributed by atoms with van der Waals surface area (Å²) in [6, 6.07) is 6.37. The van der Waals surface area contributed by atoms with E-state index in [-0.39, 0.29) is 11.8 Å². The van der Waals surface area contributed by atoms with Gasteiger partial charge >= 0.3 is 0 Å². The first-order chi connectivity index (χ1) is 9.83. The van der Waals surface area contributed by atoms with Crippen LogP contribution >= 0.6 is 0 Å². The Morgan fingerprint density at radius 2 is 2.00 bits per heavy atom. The van der Waals surface area contributed by atoms with Crippen LogP contribution < -0.4 is 10.2 Å². The molecule has 20 heavy (non-hydrogen) atoms. The highest BCUT2D eigenvalue weighted by atomic mass is 19.1. The molecule has 0 atom stereocenters. The first-order valence-corrected chi connectivity index (χ1v) is 6.37. The minimum Gasteiger partial charge on any atom is -0.378 e. The molecule has 0 amide bonds.